The van der Waals surface area contributed by atoms with Crippen LogP contribution in [0.3, 0.4) is 0 Å². The number of nitrogens with two attached hydrogens (primary N) is 1. The Bertz CT molecular complexity index is 902. The molecule has 1 aliphatic rings. The van der Waals surface area contributed by atoms with E-state index in [1.165, 1.54) is 4.31 Å². The first kappa shape index (κ1) is 19.5. The first-order valence-corrected chi connectivity index (χ1v) is 10.3. The van der Waals surface area contributed by atoms with Crippen molar-refractivity contribution >= 4 is 15.9 Å². The number of benzene rings is 1. The van der Waals surface area contributed by atoms with Gasteiger partial charge in [0.15, 0.2) is 5.76 Å². The van der Waals surface area contributed by atoms with E-state index in [2.05, 4.69) is 10.1 Å². The van der Waals surface area contributed by atoms with E-state index in [-0.39, 0.29) is 4.90 Å². The monoisotopic (exact) mass is 392 g/mol. The Hall–Kier alpha value is -2.23. The van der Waals surface area contributed by atoms with Gasteiger partial charge in [-0.15, -0.1) is 0 Å². The van der Waals surface area contributed by atoms with Gasteiger partial charge in [-0.05, 0) is 44.5 Å². The molecule has 0 aliphatic carbocycles. The maximum atomic E-state index is 13.0. The summed E-state index contributed by atoms with van der Waals surface area (Å²) in [6.07, 6.45) is 0.738. The lowest BCUT2D eigenvalue weighted by molar-refractivity contribution is 0.1000. The van der Waals surface area contributed by atoms with Gasteiger partial charge in [0.05, 0.1) is 0 Å². The van der Waals surface area contributed by atoms with Crippen LogP contribution in [0, 0.1) is 13.8 Å². The second-order valence-corrected chi connectivity index (χ2v) is 8.62. The number of hydrogen-bond donors (Lipinski definition) is 1. The van der Waals surface area contributed by atoms with Gasteiger partial charge in [0.1, 0.15) is 10.6 Å². The quantitative estimate of drug-likeness (QED) is 0.821. The van der Waals surface area contributed by atoms with Gasteiger partial charge in [-0.2, -0.15) is 4.31 Å². The zero-order valence-electron chi connectivity index (χ0n) is 15.5. The van der Waals surface area contributed by atoms with Crippen LogP contribution in [-0.2, 0) is 16.6 Å². The summed E-state index contributed by atoms with van der Waals surface area (Å²) in [5.41, 5.74) is 7.19. The van der Waals surface area contributed by atoms with Crippen LogP contribution in [0.25, 0.3) is 0 Å². The second kappa shape index (κ2) is 7.79. The SMILES string of the molecule is Cc1noc(C)c1S(=O)(=O)N1CCCN(Cc2ccc(C(N)=O)cc2)CC1. The van der Waals surface area contributed by atoms with E-state index in [0.717, 1.165) is 18.5 Å². The van der Waals surface area contributed by atoms with E-state index >= 15 is 0 Å². The van der Waals surface area contributed by atoms with Gasteiger partial charge in [0.2, 0.25) is 15.9 Å². The number of sulfonamides is 1. The van der Waals surface area contributed by atoms with Gasteiger partial charge >= 0.3 is 0 Å². The molecule has 1 saturated heterocycles. The summed E-state index contributed by atoms with van der Waals surface area (Å²) < 4.78 is 32.5. The fourth-order valence-electron chi connectivity index (χ4n) is 3.35. The standard InChI is InChI=1S/C18H24N4O4S/c1-13-17(14(2)26-20-13)27(24,25)22-9-3-8-21(10-11-22)12-15-4-6-16(7-5-15)18(19)23/h4-7H,3,8-12H2,1-2H3,(H2,19,23). The third-order valence-corrected chi connectivity index (χ3v) is 6.90. The number of rotatable bonds is 5. The van der Waals surface area contributed by atoms with Crippen molar-refractivity contribution < 1.29 is 17.7 Å². The Morgan fingerprint density at radius 1 is 1.15 bits per heavy atom. The van der Waals surface area contributed by atoms with Gasteiger partial charge in [-0.3, -0.25) is 9.69 Å². The summed E-state index contributed by atoms with van der Waals surface area (Å²) in [7, 11) is -3.62. The van der Waals surface area contributed by atoms with Crippen molar-refractivity contribution in [3.8, 4) is 0 Å². The van der Waals surface area contributed by atoms with Crippen LogP contribution in [0.2, 0.25) is 0 Å². The van der Waals surface area contributed by atoms with Crippen molar-refractivity contribution in [2.75, 3.05) is 26.2 Å². The average molecular weight is 392 g/mol. The molecule has 8 nitrogen and oxygen atoms in total. The number of aromatic nitrogens is 1. The lowest BCUT2D eigenvalue weighted by atomic mass is 10.1. The molecular formula is C18H24N4O4S. The van der Waals surface area contributed by atoms with Crippen LogP contribution in [0.5, 0.6) is 0 Å². The highest BCUT2D eigenvalue weighted by atomic mass is 32.2. The maximum absolute atomic E-state index is 13.0. The zero-order valence-corrected chi connectivity index (χ0v) is 16.3. The minimum Gasteiger partial charge on any atom is -0.366 e. The third-order valence-electron chi connectivity index (χ3n) is 4.76. The molecule has 0 unspecified atom stereocenters. The van der Waals surface area contributed by atoms with Crippen LogP contribution in [0.1, 0.15) is 33.8 Å². The van der Waals surface area contributed by atoms with Gasteiger partial charge in [-0.1, -0.05) is 17.3 Å². The number of amides is 1. The van der Waals surface area contributed by atoms with E-state index in [9.17, 15) is 13.2 Å². The molecular weight excluding hydrogens is 368 g/mol. The zero-order chi connectivity index (χ0) is 19.6. The molecule has 0 atom stereocenters. The van der Waals surface area contributed by atoms with Gasteiger partial charge < -0.3 is 10.3 Å². The molecule has 3 rings (SSSR count). The minimum absolute atomic E-state index is 0.179. The van der Waals surface area contributed by atoms with Crippen molar-refractivity contribution in [2.45, 2.75) is 31.7 Å². The molecule has 27 heavy (non-hydrogen) atoms. The number of hydrogen-bond acceptors (Lipinski definition) is 6. The van der Waals surface area contributed by atoms with E-state index in [1.54, 1.807) is 26.0 Å². The van der Waals surface area contributed by atoms with Crippen LogP contribution < -0.4 is 5.73 Å². The highest BCUT2D eigenvalue weighted by Gasteiger charge is 2.32. The Kier molecular flexibility index (Phi) is 5.64. The van der Waals surface area contributed by atoms with Crippen LogP contribution >= 0.6 is 0 Å². The summed E-state index contributed by atoms with van der Waals surface area (Å²) in [5.74, 6) is -0.125. The molecule has 2 aromatic rings. The number of aryl methyl sites for hydroxylation is 2. The highest BCUT2D eigenvalue weighted by Crippen LogP contribution is 2.24. The molecule has 0 radical (unpaired) electrons. The Balaban J connectivity index is 1.67. The first-order chi connectivity index (χ1) is 12.8. The number of nitrogens with zero attached hydrogens (tertiary/aromatic N) is 3. The fourth-order valence-corrected chi connectivity index (χ4v) is 5.11. The lowest BCUT2D eigenvalue weighted by Crippen LogP contribution is -2.35. The topological polar surface area (TPSA) is 110 Å². The highest BCUT2D eigenvalue weighted by molar-refractivity contribution is 7.89. The molecule has 1 aliphatic heterocycles. The summed E-state index contributed by atoms with van der Waals surface area (Å²) in [6, 6.07) is 7.18. The Morgan fingerprint density at radius 3 is 2.44 bits per heavy atom. The molecule has 9 heteroatoms. The van der Waals surface area contributed by atoms with Crippen LogP contribution in [0.15, 0.2) is 33.7 Å². The average Bonchev–Trinajstić information content (AvgIpc) is 2.82. The number of carbonyl (C=O) groups is 1. The molecule has 2 heterocycles. The smallest absolute Gasteiger partial charge is 0.248 e. The first-order valence-electron chi connectivity index (χ1n) is 8.83. The molecule has 1 amide bonds. The van der Waals surface area contributed by atoms with E-state index < -0.39 is 15.9 Å². The maximum Gasteiger partial charge on any atom is 0.248 e. The molecule has 0 saturated carbocycles. The number of carbonyl (C=O) groups excluding carboxylic acids is 1. The third kappa shape index (κ3) is 4.20. The van der Waals surface area contributed by atoms with Gasteiger partial charge in [-0.25, -0.2) is 8.42 Å². The van der Waals surface area contributed by atoms with Crippen LogP contribution in [-0.4, -0.2) is 54.9 Å². The lowest BCUT2D eigenvalue weighted by Gasteiger charge is -2.21. The molecule has 1 fully saturated rings. The van der Waals surface area contributed by atoms with Crippen LogP contribution in [0.4, 0.5) is 0 Å². The summed E-state index contributed by atoms with van der Waals surface area (Å²) >= 11 is 0. The Morgan fingerprint density at radius 2 is 1.85 bits per heavy atom. The Labute approximate surface area is 159 Å². The molecule has 1 aromatic carbocycles. The van der Waals surface area contributed by atoms with E-state index in [1.807, 2.05) is 12.1 Å². The summed E-state index contributed by atoms with van der Waals surface area (Å²) in [5, 5.41) is 3.77. The predicted octanol–water partition coefficient (Wildman–Crippen LogP) is 1.29. The summed E-state index contributed by atoms with van der Waals surface area (Å²) in [6.45, 7) is 6.24. The van der Waals surface area contributed by atoms with E-state index in [4.69, 9.17) is 10.3 Å². The molecule has 2 N–H and O–H groups in total. The molecule has 1 aromatic heterocycles. The molecule has 146 valence electrons. The fraction of sp³-hybridized carbons (Fsp3) is 0.444. The largest absolute Gasteiger partial charge is 0.366 e. The number of primary amides is 1. The van der Waals surface area contributed by atoms with Crippen molar-refractivity contribution in [3.63, 3.8) is 0 Å². The summed E-state index contributed by atoms with van der Waals surface area (Å²) in [4.78, 5) is 13.6. The second-order valence-electron chi connectivity index (χ2n) is 6.75. The van der Waals surface area contributed by atoms with E-state index in [0.29, 0.717) is 43.2 Å². The van der Waals surface area contributed by atoms with Crippen molar-refractivity contribution in [2.24, 2.45) is 5.73 Å². The minimum atomic E-state index is -3.62. The van der Waals surface area contributed by atoms with Gasteiger partial charge in [0.25, 0.3) is 0 Å². The van der Waals surface area contributed by atoms with Crippen molar-refractivity contribution in [3.05, 3.63) is 46.8 Å². The normalized spacial score (nSPS) is 17.0. The van der Waals surface area contributed by atoms with Crippen molar-refractivity contribution in [1.82, 2.24) is 14.4 Å². The van der Waals surface area contributed by atoms with Crippen molar-refractivity contribution in [1.29, 1.82) is 0 Å². The predicted molar refractivity (Wildman–Crippen MR) is 99.6 cm³/mol. The molecule has 0 spiro atoms. The van der Waals surface area contributed by atoms with Gasteiger partial charge in [0, 0.05) is 31.7 Å². The molecule has 0 bridgehead atoms.